The van der Waals surface area contributed by atoms with Crippen molar-refractivity contribution in [1.29, 1.82) is 5.26 Å². The minimum absolute atomic E-state index is 0.113. The molecule has 0 saturated heterocycles. The molecule has 0 aliphatic heterocycles. The number of anilines is 1. The van der Waals surface area contributed by atoms with E-state index in [0.29, 0.717) is 10.6 Å². The van der Waals surface area contributed by atoms with Crippen molar-refractivity contribution in [1.82, 2.24) is 4.98 Å². The summed E-state index contributed by atoms with van der Waals surface area (Å²) in [7, 11) is 0. The molecule has 1 aromatic heterocycles. The summed E-state index contributed by atoms with van der Waals surface area (Å²) >= 11 is 1.29. The zero-order chi connectivity index (χ0) is 19.6. The normalized spacial score (nSPS) is 10.6. The third-order valence-corrected chi connectivity index (χ3v) is 5.33. The van der Waals surface area contributed by atoms with E-state index in [1.54, 1.807) is 0 Å². The zero-order valence-corrected chi connectivity index (χ0v) is 16.7. The number of nitriles is 1. The third-order valence-electron chi connectivity index (χ3n) is 4.33. The zero-order valence-electron chi connectivity index (χ0n) is 15.9. The van der Waals surface area contributed by atoms with Gasteiger partial charge in [0.05, 0.1) is 16.8 Å². The Morgan fingerprint density at radius 2 is 1.81 bits per heavy atom. The maximum absolute atomic E-state index is 12.4. The van der Waals surface area contributed by atoms with Crippen molar-refractivity contribution in [2.24, 2.45) is 0 Å². The van der Waals surface area contributed by atoms with Gasteiger partial charge in [0.15, 0.2) is 0 Å². The van der Waals surface area contributed by atoms with E-state index in [4.69, 9.17) is 0 Å². The highest BCUT2D eigenvalue weighted by atomic mass is 32.2. The summed E-state index contributed by atoms with van der Waals surface area (Å²) in [5.41, 5.74) is 6.57. The molecule has 0 atom stereocenters. The van der Waals surface area contributed by atoms with Crippen molar-refractivity contribution >= 4 is 34.3 Å². The van der Waals surface area contributed by atoms with Crippen molar-refractivity contribution in [2.75, 3.05) is 11.1 Å². The molecule has 4 nitrogen and oxygen atoms in total. The lowest BCUT2D eigenvalue weighted by Gasteiger charge is -2.10. The molecule has 1 N–H and O–H groups in total. The van der Waals surface area contributed by atoms with E-state index in [1.165, 1.54) is 11.8 Å². The second-order valence-electron chi connectivity index (χ2n) is 6.76. The number of fused-ring (bicyclic) bond motifs is 1. The largest absolute Gasteiger partial charge is 0.325 e. The van der Waals surface area contributed by atoms with Crippen LogP contribution in [0.5, 0.6) is 0 Å². The van der Waals surface area contributed by atoms with Crippen LogP contribution in [0.3, 0.4) is 0 Å². The van der Waals surface area contributed by atoms with Crippen LogP contribution in [-0.4, -0.2) is 16.6 Å². The van der Waals surface area contributed by atoms with Gasteiger partial charge in [0.2, 0.25) is 5.91 Å². The number of rotatable bonds is 4. The first-order valence-corrected chi connectivity index (χ1v) is 9.68. The highest BCUT2D eigenvalue weighted by Gasteiger charge is 2.12. The Morgan fingerprint density at radius 3 is 2.52 bits per heavy atom. The Balaban J connectivity index is 1.79. The van der Waals surface area contributed by atoms with Crippen molar-refractivity contribution in [3.8, 4) is 6.07 Å². The average molecular weight is 375 g/mol. The molecule has 3 aromatic rings. The molecule has 5 heteroatoms. The number of hydrogen-bond acceptors (Lipinski definition) is 4. The summed E-state index contributed by atoms with van der Waals surface area (Å²) in [5.74, 6) is 0.0872. The van der Waals surface area contributed by atoms with Gasteiger partial charge in [-0.05, 0) is 57.0 Å². The molecule has 0 saturated carbocycles. The molecule has 0 aliphatic rings. The van der Waals surface area contributed by atoms with E-state index in [9.17, 15) is 10.1 Å². The number of thioether (sulfide) groups is 1. The number of hydrogen-bond donors (Lipinski definition) is 1. The molecule has 2 aromatic carbocycles. The van der Waals surface area contributed by atoms with Gasteiger partial charge in [0.1, 0.15) is 11.1 Å². The first-order chi connectivity index (χ1) is 12.9. The fourth-order valence-corrected chi connectivity index (χ4v) is 3.85. The van der Waals surface area contributed by atoms with Crippen LogP contribution in [-0.2, 0) is 4.79 Å². The number of amides is 1. The molecule has 27 heavy (non-hydrogen) atoms. The molecule has 0 fully saturated rings. The fraction of sp³-hybridized carbons (Fsp3) is 0.227. The Kier molecular flexibility index (Phi) is 5.48. The number of nitrogens with one attached hydrogen (secondary N) is 1. The summed E-state index contributed by atoms with van der Waals surface area (Å²) in [6.07, 6.45) is 0. The molecule has 0 aliphatic carbocycles. The third kappa shape index (κ3) is 4.29. The van der Waals surface area contributed by atoms with Crippen molar-refractivity contribution in [2.45, 2.75) is 32.7 Å². The van der Waals surface area contributed by atoms with Gasteiger partial charge in [0.25, 0.3) is 0 Å². The van der Waals surface area contributed by atoms with E-state index in [2.05, 4.69) is 22.4 Å². The van der Waals surface area contributed by atoms with Crippen LogP contribution in [0.1, 0.15) is 27.8 Å². The predicted octanol–water partition coefficient (Wildman–Crippen LogP) is 5.07. The minimum Gasteiger partial charge on any atom is -0.325 e. The topological polar surface area (TPSA) is 65.8 Å². The molecule has 0 spiro atoms. The number of carbonyl (C=O) groups is 1. The molecule has 1 amide bonds. The van der Waals surface area contributed by atoms with Gasteiger partial charge in [-0.3, -0.25) is 4.79 Å². The number of aromatic nitrogens is 1. The molecule has 136 valence electrons. The number of benzene rings is 2. The first-order valence-electron chi connectivity index (χ1n) is 8.69. The SMILES string of the molecule is Cc1ccc(NC(=O)CSc2nc3c(C)cc(C)cc3cc2C#N)c(C)c1. The van der Waals surface area contributed by atoms with Crippen LogP contribution >= 0.6 is 11.8 Å². The maximum atomic E-state index is 12.4. The molecule has 1 heterocycles. The van der Waals surface area contributed by atoms with Gasteiger partial charge < -0.3 is 5.32 Å². The summed E-state index contributed by atoms with van der Waals surface area (Å²) in [6, 6.07) is 14.1. The number of carbonyl (C=O) groups excluding carboxylic acids is 1. The standard InChI is InChI=1S/C22H21N3OS/c1-13-5-6-19(15(3)7-13)24-20(26)12-27-22-18(11-23)10-17-9-14(2)8-16(4)21(17)25-22/h5-10H,12H2,1-4H3,(H,24,26). The molecular formula is C22H21N3OS. The van der Waals surface area contributed by atoms with E-state index in [-0.39, 0.29) is 11.7 Å². The summed E-state index contributed by atoms with van der Waals surface area (Å²) in [6.45, 7) is 8.03. The first kappa shape index (κ1) is 18.9. The van der Waals surface area contributed by atoms with Crippen molar-refractivity contribution in [3.63, 3.8) is 0 Å². The van der Waals surface area contributed by atoms with Crippen LogP contribution in [0.2, 0.25) is 0 Å². The summed E-state index contributed by atoms with van der Waals surface area (Å²) in [5, 5.41) is 13.9. The lowest BCUT2D eigenvalue weighted by atomic mass is 10.1. The summed E-state index contributed by atoms with van der Waals surface area (Å²) < 4.78 is 0. The van der Waals surface area contributed by atoms with Gasteiger partial charge >= 0.3 is 0 Å². The minimum atomic E-state index is -0.113. The number of pyridine rings is 1. The molecular weight excluding hydrogens is 354 g/mol. The van der Waals surface area contributed by atoms with Crippen LogP contribution in [0, 0.1) is 39.0 Å². The molecule has 0 unspecified atom stereocenters. The van der Waals surface area contributed by atoms with E-state index >= 15 is 0 Å². The van der Waals surface area contributed by atoms with Gasteiger partial charge in [-0.2, -0.15) is 5.26 Å². The predicted molar refractivity (Wildman–Crippen MR) is 111 cm³/mol. The van der Waals surface area contributed by atoms with Crippen LogP contribution in [0.4, 0.5) is 5.69 Å². The van der Waals surface area contributed by atoms with Gasteiger partial charge in [0, 0.05) is 11.1 Å². The van der Waals surface area contributed by atoms with Gasteiger partial charge in [-0.15, -0.1) is 0 Å². The Morgan fingerprint density at radius 1 is 1.07 bits per heavy atom. The van der Waals surface area contributed by atoms with E-state index < -0.39 is 0 Å². The van der Waals surface area contributed by atoms with Crippen LogP contribution in [0.25, 0.3) is 10.9 Å². The monoisotopic (exact) mass is 375 g/mol. The number of nitrogens with zero attached hydrogens (tertiary/aromatic N) is 2. The van der Waals surface area contributed by atoms with Gasteiger partial charge in [-0.25, -0.2) is 4.98 Å². The lowest BCUT2D eigenvalue weighted by molar-refractivity contribution is -0.113. The second-order valence-corrected chi connectivity index (χ2v) is 7.73. The fourth-order valence-electron chi connectivity index (χ4n) is 3.10. The molecule has 3 rings (SSSR count). The van der Waals surface area contributed by atoms with Crippen molar-refractivity contribution < 1.29 is 4.79 Å². The van der Waals surface area contributed by atoms with Crippen LogP contribution < -0.4 is 5.32 Å². The Bertz CT molecular complexity index is 1080. The van der Waals surface area contributed by atoms with Gasteiger partial charge in [-0.1, -0.05) is 41.1 Å². The Hall–Kier alpha value is -2.84. The van der Waals surface area contributed by atoms with Crippen molar-refractivity contribution in [3.05, 3.63) is 64.2 Å². The highest BCUT2D eigenvalue weighted by Crippen LogP contribution is 2.27. The Labute approximate surface area is 163 Å². The van der Waals surface area contributed by atoms with Crippen LogP contribution in [0.15, 0.2) is 41.4 Å². The van der Waals surface area contributed by atoms with E-state index in [1.807, 2.05) is 58.0 Å². The van der Waals surface area contributed by atoms with E-state index in [0.717, 1.165) is 38.8 Å². The smallest absolute Gasteiger partial charge is 0.234 e. The maximum Gasteiger partial charge on any atom is 0.234 e. The number of aryl methyl sites for hydroxylation is 4. The average Bonchev–Trinajstić information content (AvgIpc) is 2.61. The quantitative estimate of drug-likeness (QED) is 0.647. The summed E-state index contributed by atoms with van der Waals surface area (Å²) in [4.78, 5) is 17.0. The second kappa shape index (κ2) is 7.81. The molecule has 0 bridgehead atoms. The highest BCUT2D eigenvalue weighted by molar-refractivity contribution is 8.00. The molecule has 0 radical (unpaired) electrons. The lowest BCUT2D eigenvalue weighted by Crippen LogP contribution is -2.15.